The molecule has 152 valence electrons. The van der Waals surface area contributed by atoms with Crippen LogP contribution in [0, 0.1) is 11.8 Å². The zero-order chi connectivity index (χ0) is 20.7. The molecule has 0 N–H and O–H groups in total. The van der Waals surface area contributed by atoms with Gasteiger partial charge in [-0.1, -0.05) is 83.1 Å². The number of ether oxygens (including phenoxy) is 1. The van der Waals surface area contributed by atoms with Gasteiger partial charge in [0.15, 0.2) is 0 Å². The minimum absolute atomic E-state index is 0.0168. The van der Waals surface area contributed by atoms with E-state index in [0.717, 1.165) is 37.2 Å². The quantitative estimate of drug-likeness (QED) is 0.415. The van der Waals surface area contributed by atoms with E-state index < -0.39 is 0 Å². The fourth-order valence-electron chi connectivity index (χ4n) is 3.25. The largest absolute Gasteiger partial charge is 0.365 e. The summed E-state index contributed by atoms with van der Waals surface area (Å²) in [4.78, 5) is 10.6. The van der Waals surface area contributed by atoms with Gasteiger partial charge in [0.1, 0.15) is 11.9 Å². The fraction of sp³-hybridized carbons (Fsp3) is 0.500. The first-order valence-electron chi connectivity index (χ1n) is 10.5. The van der Waals surface area contributed by atoms with Crippen molar-refractivity contribution in [3.05, 3.63) is 70.8 Å². The van der Waals surface area contributed by atoms with Crippen LogP contribution >= 0.6 is 0 Å². The smallest absolute Gasteiger partial charge is 0.127 e. The number of carbonyl (C=O) groups is 1. The Bertz CT molecular complexity index is 722. The Labute approximate surface area is 171 Å². The Hall–Kier alpha value is -1.93. The molecule has 2 unspecified atom stereocenters. The zero-order valence-corrected chi connectivity index (χ0v) is 18.4. The molecule has 1 aliphatic heterocycles. The number of benzene rings is 2. The van der Waals surface area contributed by atoms with Crippen LogP contribution in [0.1, 0.15) is 69.7 Å². The highest BCUT2D eigenvalue weighted by Gasteiger charge is 2.40. The molecule has 1 aliphatic rings. The highest BCUT2D eigenvalue weighted by Crippen LogP contribution is 2.37. The number of aldehydes is 1. The first-order valence-corrected chi connectivity index (χ1v) is 10.5. The SMILES string of the molecule is CC(C)Cc1ccc(C(C)C=O)cc1.CC(C)Cc1ccc(C2(C)CO2)cc1. The third-order valence-electron chi connectivity index (χ3n) is 5.14. The number of epoxide rings is 1. The van der Waals surface area contributed by atoms with Gasteiger partial charge >= 0.3 is 0 Å². The molecule has 0 spiro atoms. The van der Waals surface area contributed by atoms with Crippen LogP contribution in [-0.4, -0.2) is 12.9 Å². The number of hydrogen-bond donors (Lipinski definition) is 0. The average molecular weight is 381 g/mol. The Balaban J connectivity index is 0.000000200. The molecule has 2 nitrogen and oxygen atoms in total. The molecule has 1 saturated heterocycles. The molecule has 2 atom stereocenters. The summed E-state index contributed by atoms with van der Waals surface area (Å²) in [6.45, 7) is 13.9. The third kappa shape index (κ3) is 6.91. The van der Waals surface area contributed by atoms with Crippen LogP contribution in [0.25, 0.3) is 0 Å². The van der Waals surface area contributed by atoms with E-state index in [9.17, 15) is 4.79 Å². The van der Waals surface area contributed by atoms with Crippen LogP contribution in [0.3, 0.4) is 0 Å². The van der Waals surface area contributed by atoms with E-state index in [0.29, 0.717) is 5.92 Å². The highest BCUT2D eigenvalue weighted by atomic mass is 16.6. The fourth-order valence-corrected chi connectivity index (χ4v) is 3.25. The minimum Gasteiger partial charge on any atom is -0.365 e. The van der Waals surface area contributed by atoms with Gasteiger partial charge in [0.05, 0.1) is 6.61 Å². The van der Waals surface area contributed by atoms with Crippen LogP contribution in [0.4, 0.5) is 0 Å². The van der Waals surface area contributed by atoms with Crippen LogP contribution in [-0.2, 0) is 28.0 Å². The maximum absolute atomic E-state index is 10.6. The number of carbonyl (C=O) groups excluding carboxylic acids is 1. The van der Waals surface area contributed by atoms with Crippen molar-refractivity contribution in [2.45, 2.75) is 65.9 Å². The summed E-state index contributed by atoms with van der Waals surface area (Å²) in [6.07, 6.45) is 3.26. The molecule has 2 aromatic carbocycles. The van der Waals surface area contributed by atoms with Gasteiger partial charge in [-0.25, -0.2) is 0 Å². The van der Waals surface area contributed by atoms with E-state index in [4.69, 9.17) is 4.74 Å². The van der Waals surface area contributed by atoms with Gasteiger partial charge in [0.2, 0.25) is 0 Å². The molecule has 2 heteroatoms. The van der Waals surface area contributed by atoms with Crippen LogP contribution in [0.5, 0.6) is 0 Å². The summed E-state index contributed by atoms with van der Waals surface area (Å²) in [5.41, 5.74) is 5.21. The monoisotopic (exact) mass is 380 g/mol. The molecule has 28 heavy (non-hydrogen) atoms. The van der Waals surface area contributed by atoms with E-state index in [1.165, 1.54) is 16.7 Å². The summed E-state index contributed by atoms with van der Waals surface area (Å²) < 4.78 is 5.40. The van der Waals surface area contributed by atoms with Gasteiger partial charge in [-0.15, -0.1) is 0 Å². The van der Waals surface area contributed by atoms with Crippen LogP contribution in [0.15, 0.2) is 48.5 Å². The molecule has 0 aromatic heterocycles. The lowest BCUT2D eigenvalue weighted by Crippen LogP contribution is -2.02. The normalized spacial score (nSPS) is 19.1. The van der Waals surface area contributed by atoms with Gasteiger partial charge in [-0.05, 0) is 53.9 Å². The van der Waals surface area contributed by atoms with Crippen molar-refractivity contribution >= 4 is 6.29 Å². The van der Waals surface area contributed by atoms with Gasteiger partial charge in [-0.3, -0.25) is 0 Å². The number of rotatable bonds is 7. The maximum atomic E-state index is 10.6. The Morgan fingerprint density at radius 2 is 1.29 bits per heavy atom. The summed E-state index contributed by atoms with van der Waals surface area (Å²) in [7, 11) is 0. The molecule has 0 aliphatic carbocycles. The summed E-state index contributed by atoms with van der Waals surface area (Å²) in [6, 6.07) is 17.2. The van der Waals surface area contributed by atoms with Crippen molar-refractivity contribution in [3.8, 4) is 0 Å². The van der Waals surface area contributed by atoms with Crippen LogP contribution in [0.2, 0.25) is 0 Å². The second-order valence-electron chi connectivity index (χ2n) is 9.08. The lowest BCUT2D eigenvalue weighted by molar-refractivity contribution is -0.108. The maximum Gasteiger partial charge on any atom is 0.127 e. The third-order valence-corrected chi connectivity index (χ3v) is 5.14. The molecule has 0 amide bonds. The Morgan fingerprint density at radius 3 is 1.64 bits per heavy atom. The van der Waals surface area contributed by atoms with Gasteiger partial charge in [0.25, 0.3) is 0 Å². The first kappa shape index (κ1) is 22.4. The van der Waals surface area contributed by atoms with E-state index in [1.54, 1.807) is 0 Å². The van der Waals surface area contributed by atoms with Gasteiger partial charge in [0, 0.05) is 5.92 Å². The van der Waals surface area contributed by atoms with Crippen molar-refractivity contribution in [1.29, 1.82) is 0 Å². The number of hydrogen-bond acceptors (Lipinski definition) is 2. The molecule has 0 radical (unpaired) electrons. The summed E-state index contributed by atoms with van der Waals surface area (Å²) in [5.74, 6) is 1.43. The zero-order valence-electron chi connectivity index (χ0n) is 18.4. The van der Waals surface area contributed by atoms with Gasteiger partial charge < -0.3 is 9.53 Å². The highest BCUT2D eigenvalue weighted by molar-refractivity contribution is 5.61. The van der Waals surface area contributed by atoms with Crippen molar-refractivity contribution in [2.24, 2.45) is 11.8 Å². The van der Waals surface area contributed by atoms with E-state index in [2.05, 4.69) is 83.1 Å². The molecule has 1 fully saturated rings. The van der Waals surface area contributed by atoms with Crippen molar-refractivity contribution in [3.63, 3.8) is 0 Å². The minimum atomic E-state index is 0.0168. The molecule has 3 rings (SSSR count). The molecular weight excluding hydrogens is 344 g/mol. The van der Waals surface area contributed by atoms with E-state index in [-0.39, 0.29) is 11.5 Å². The van der Waals surface area contributed by atoms with Crippen molar-refractivity contribution in [2.75, 3.05) is 6.61 Å². The molecule has 0 saturated carbocycles. The average Bonchev–Trinajstić information content (AvgIpc) is 3.40. The second-order valence-corrected chi connectivity index (χ2v) is 9.08. The standard InChI is InChI=1S/2C13H18O/c1-10(2)8-11-4-6-12(7-5-11)13(3)9-14-13;1-10(2)8-12-4-6-13(7-5-12)11(3)9-14/h4-7,10H,8-9H2,1-3H3;4-7,9-11H,8H2,1-3H3. The Kier molecular flexibility index (Phi) is 8.00. The first-order chi connectivity index (χ1) is 13.2. The lowest BCUT2D eigenvalue weighted by Gasteiger charge is -2.08. The molecule has 2 aromatic rings. The van der Waals surface area contributed by atoms with Crippen molar-refractivity contribution < 1.29 is 9.53 Å². The van der Waals surface area contributed by atoms with Crippen molar-refractivity contribution in [1.82, 2.24) is 0 Å². The topological polar surface area (TPSA) is 29.6 Å². The van der Waals surface area contributed by atoms with E-state index in [1.807, 2.05) is 6.92 Å². The summed E-state index contributed by atoms with van der Waals surface area (Å²) >= 11 is 0. The van der Waals surface area contributed by atoms with Crippen LogP contribution < -0.4 is 0 Å². The second kappa shape index (κ2) is 10.0. The predicted molar refractivity (Wildman–Crippen MR) is 118 cm³/mol. The molecule has 1 heterocycles. The molecule has 0 bridgehead atoms. The summed E-state index contributed by atoms with van der Waals surface area (Å²) in [5, 5.41) is 0. The predicted octanol–water partition coefficient (Wildman–Crippen LogP) is 6.32. The van der Waals surface area contributed by atoms with E-state index >= 15 is 0 Å². The molecular formula is C26H36O2. The van der Waals surface area contributed by atoms with Gasteiger partial charge in [-0.2, -0.15) is 0 Å². The Morgan fingerprint density at radius 1 is 0.857 bits per heavy atom. The lowest BCUT2D eigenvalue weighted by atomic mass is 9.97.